The number of amides is 2. The molecule has 11 heteroatoms. The molecule has 3 aliphatic rings. The van der Waals surface area contributed by atoms with E-state index in [9.17, 15) is 32.7 Å². The highest BCUT2D eigenvalue weighted by molar-refractivity contribution is 5.83. The minimum absolute atomic E-state index is 0.0225. The van der Waals surface area contributed by atoms with Crippen LogP contribution < -0.4 is 4.74 Å². The van der Waals surface area contributed by atoms with Crippen molar-refractivity contribution in [2.45, 2.75) is 69.1 Å². The maximum absolute atomic E-state index is 13.4. The van der Waals surface area contributed by atoms with Gasteiger partial charge in [-0.25, -0.2) is 9.59 Å². The van der Waals surface area contributed by atoms with E-state index in [1.165, 1.54) is 17.0 Å². The topological polar surface area (TPSA) is 90.4 Å². The maximum Gasteiger partial charge on any atom is 0.491 e. The second-order valence-corrected chi connectivity index (χ2v) is 11.3. The third-order valence-electron chi connectivity index (χ3n) is 8.66. The van der Waals surface area contributed by atoms with Crippen molar-refractivity contribution in [2.24, 2.45) is 5.41 Å². The Kier molecular flexibility index (Phi) is 6.98. The third-order valence-corrected chi connectivity index (χ3v) is 8.66. The molecule has 1 aromatic carbocycles. The summed E-state index contributed by atoms with van der Waals surface area (Å²) < 4.78 is 42.8. The molecule has 204 valence electrons. The molecule has 8 nitrogen and oxygen atoms in total. The van der Waals surface area contributed by atoms with Crippen LogP contribution in [0.5, 0.6) is 5.75 Å². The van der Waals surface area contributed by atoms with Gasteiger partial charge in [0.2, 0.25) is 0 Å². The number of hydrogen-bond acceptors (Lipinski definition) is 5. The molecule has 1 saturated heterocycles. The molecule has 1 aromatic rings. The average Bonchev–Trinajstić information content (AvgIpc) is 3.03. The molecule has 1 heterocycles. The van der Waals surface area contributed by atoms with E-state index < -0.39 is 29.2 Å². The molecule has 0 atom stereocenters. The molecule has 1 spiro atoms. The van der Waals surface area contributed by atoms with Crippen molar-refractivity contribution in [3.63, 3.8) is 0 Å². The minimum atomic E-state index is -5.09. The summed E-state index contributed by atoms with van der Waals surface area (Å²) in [7, 11) is 3.80. The number of urea groups is 1. The van der Waals surface area contributed by atoms with E-state index in [0.29, 0.717) is 38.8 Å². The van der Waals surface area contributed by atoms with E-state index in [2.05, 4.69) is 11.7 Å². The van der Waals surface area contributed by atoms with Gasteiger partial charge in [0.15, 0.2) is 0 Å². The Balaban J connectivity index is 1.60. The van der Waals surface area contributed by atoms with Crippen molar-refractivity contribution in [3.05, 3.63) is 29.8 Å². The number of carboxylic acids is 1. The number of rotatable bonds is 7. The number of benzene rings is 1. The zero-order valence-corrected chi connectivity index (χ0v) is 21.4. The zero-order chi connectivity index (χ0) is 27.2. The van der Waals surface area contributed by atoms with Crippen LogP contribution in [0.25, 0.3) is 0 Å². The Labute approximate surface area is 214 Å². The molecule has 4 rings (SSSR count). The number of esters is 1. The van der Waals surface area contributed by atoms with Crippen LogP contribution in [0.15, 0.2) is 24.3 Å². The zero-order valence-electron chi connectivity index (χ0n) is 21.4. The minimum Gasteiger partial charge on any atom is -0.480 e. The summed E-state index contributed by atoms with van der Waals surface area (Å²) in [6, 6.07) is 5.94. The van der Waals surface area contributed by atoms with Gasteiger partial charge in [-0.3, -0.25) is 9.69 Å². The molecular weight excluding hydrogens is 491 g/mol. The highest BCUT2D eigenvalue weighted by Crippen LogP contribution is 2.51. The van der Waals surface area contributed by atoms with Gasteiger partial charge in [-0.05, 0) is 75.7 Å². The number of carbonyl (C=O) groups excluding carboxylic acids is 2. The fraction of sp³-hybridized carbons (Fsp3) is 0.654. The van der Waals surface area contributed by atoms with Crippen LogP contribution in [0.3, 0.4) is 0 Å². The average molecular weight is 526 g/mol. The fourth-order valence-electron chi connectivity index (χ4n) is 6.29. The van der Waals surface area contributed by atoms with E-state index in [4.69, 9.17) is 0 Å². The molecule has 0 unspecified atom stereocenters. The summed E-state index contributed by atoms with van der Waals surface area (Å²) in [5.41, 5.74) is -0.315. The Morgan fingerprint density at radius 1 is 1.11 bits per heavy atom. The molecule has 0 radical (unpaired) electrons. The van der Waals surface area contributed by atoms with Crippen molar-refractivity contribution < 1.29 is 37.4 Å². The molecular formula is C26H34F3N3O5. The third kappa shape index (κ3) is 5.15. The lowest BCUT2D eigenvalue weighted by Crippen LogP contribution is -2.57. The molecule has 0 aromatic heterocycles. The van der Waals surface area contributed by atoms with Crippen LogP contribution in [0, 0.1) is 5.41 Å². The number of carbonyl (C=O) groups is 3. The quantitative estimate of drug-likeness (QED) is 0.423. The number of nitrogens with zero attached hydrogens (tertiary/aromatic N) is 3. The predicted octanol–water partition coefficient (Wildman–Crippen LogP) is 4.24. The maximum atomic E-state index is 13.4. The van der Waals surface area contributed by atoms with Gasteiger partial charge in [-0.15, -0.1) is 0 Å². The fourth-order valence-corrected chi connectivity index (χ4v) is 6.29. The van der Waals surface area contributed by atoms with Crippen LogP contribution in [-0.2, 0) is 15.1 Å². The Morgan fingerprint density at radius 2 is 1.76 bits per heavy atom. The van der Waals surface area contributed by atoms with Gasteiger partial charge in [0, 0.05) is 18.6 Å². The number of ether oxygens (including phenoxy) is 1. The second-order valence-electron chi connectivity index (χ2n) is 11.3. The Morgan fingerprint density at radius 3 is 2.27 bits per heavy atom. The van der Waals surface area contributed by atoms with Crippen LogP contribution in [-0.4, -0.2) is 83.2 Å². The largest absolute Gasteiger partial charge is 0.491 e. The van der Waals surface area contributed by atoms with Crippen LogP contribution in [0.2, 0.25) is 0 Å². The lowest BCUT2D eigenvalue weighted by molar-refractivity contribution is -0.189. The van der Waals surface area contributed by atoms with Crippen LogP contribution >= 0.6 is 0 Å². The van der Waals surface area contributed by atoms with Crippen molar-refractivity contribution in [1.29, 1.82) is 0 Å². The van der Waals surface area contributed by atoms with E-state index in [1.54, 1.807) is 6.07 Å². The highest BCUT2D eigenvalue weighted by atomic mass is 19.4. The van der Waals surface area contributed by atoms with Gasteiger partial charge in [-0.2, -0.15) is 13.2 Å². The van der Waals surface area contributed by atoms with Crippen molar-refractivity contribution >= 4 is 18.0 Å². The van der Waals surface area contributed by atoms with Crippen molar-refractivity contribution in [2.75, 3.05) is 33.7 Å². The number of alkyl halides is 3. The first kappa shape index (κ1) is 27.2. The monoisotopic (exact) mass is 525 g/mol. The predicted molar refractivity (Wildman–Crippen MR) is 128 cm³/mol. The van der Waals surface area contributed by atoms with Gasteiger partial charge in [0.25, 0.3) is 0 Å². The van der Waals surface area contributed by atoms with Gasteiger partial charge in [0.1, 0.15) is 12.3 Å². The summed E-state index contributed by atoms with van der Waals surface area (Å²) in [4.78, 5) is 41.5. The normalized spacial score (nSPS) is 27.5. The molecule has 1 aliphatic heterocycles. The lowest BCUT2D eigenvalue weighted by atomic mass is 9.66. The standard InChI is InChI=1S/C26H34F3N3O5/c1-23(8-5-9-23)16-32-22(36)31(15-20(33)34)17-24(32)10-12-25(13-11-24,30(2)3)18-6-4-7-19(14-18)37-21(35)26(27,28)29/h4,6-7,14H,5,8-13,15-17H2,1-3H3,(H,33,34)/t24-,25+. The van der Waals surface area contributed by atoms with E-state index in [-0.39, 0.29) is 23.7 Å². The lowest BCUT2D eigenvalue weighted by Gasteiger charge is -2.53. The van der Waals surface area contributed by atoms with Gasteiger partial charge in [0.05, 0.1) is 5.54 Å². The summed E-state index contributed by atoms with van der Waals surface area (Å²) in [5, 5.41) is 9.37. The second kappa shape index (κ2) is 9.49. The number of hydrogen-bond donors (Lipinski definition) is 1. The molecule has 37 heavy (non-hydrogen) atoms. The van der Waals surface area contributed by atoms with Crippen molar-refractivity contribution in [1.82, 2.24) is 14.7 Å². The molecule has 3 fully saturated rings. The summed E-state index contributed by atoms with van der Waals surface area (Å²) >= 11 is 0. The van der Waals surface area contributed by atoms with Crippen LogP contribution in [0.1, 0.15) is 57.4 Å². The first-order valence-electron chi connectivity index (χ1n) is 12.6. The van der Waals surface area contributed by atoms with Crippen LogP contribution in [0.4, 0.5) is 18.0 Å². The smallest absolute Gasteiger partial charge is 0.480 e. The molecule has 2 amide bonds. The number of aliphatic carboxylic acids is 1. The van der Waals surface area contributed by atoms with Gasteiger partial charge in [-0.1, -0.05) is 25.5 Å². The van der Waals surface area contributed by atoms with E-state index >= 15 is 0 Å². The molecule has 2 aliphatic carbocycles. The van der Waals surface area contributed by atoms with E-state index in [1.807, 2.05) is 30.0 Å². The molecule has 1 N–H and O–H groups in total. The summed E-state index contributed by atoms with van der Waals surface area (Å²) in [5.74, 6) is -3.50. The molecule has 2 saturated carbocycles. The number of halogens is 3. The Bertz CT molecular complexity index is 1060. The first-order chi connectivity index (χ1) is 17.2. The van der Waals surface area contributed by atoms with Gasteiger partial charge >= 0.3 is 24.1 Å². The SMILES string of the molecule is CN(C)[C@]1(c2cccc(OC(=O)C(F)(F)F)c2)CC[C@]2(CC1)CN(CC(=O)O)C(=O)N2CC1(C)CCC1. The van der Waals surface area contributed by atoms with Crippen molar-refractivity contribution in [3.8, 4) is 5.75 Å². The summed E-state index contributed by atoms with van der Waals surface area (Å²) in [6.45, 7) is 2.73. The van der Waals surface area contributed by atoms with Gasteiger partial charge < -0.3 is 19.6 Å². The first-order valence-corrected chi connectivity index (χ1v) is 12.6. The summed E-state index contributed by atoms with van der Waals surface area (Å²) in [6.07, 6.45) is 0.475. The Hall–Kier alpha value is -2.82. The molecule has 0 bridgehead atoms. The van der Waals surface area contributed by atoms with E-state index in [0.717, 1.165) is 24.8 Å². The number of carboxylic acid groups (broad SMARTS) is 1. The highest BCUT2D eigenvalue weighted by Gasteiger charge is 2.56.